The van der Waals surface area contributed by atoms with Crippen molar-refractivity contribution in [2.24, 2.45) is 0 Å². The minimum absolute atomic E-state index is 0.0627. The molecule has 0 aliphatic heterocycles. The van der Waals surface area contributed by atoms with Crippen molar-refractivity contribution < 1.29 is 23.4 Å². The molecule has 2 N–H and O–H groups in total. The van der Waals surface area contributed by atoms with Crippen LogP contribution in [0.3, 0.4) is 0 Å². The molecule has 2 nitrogen and oxygen atoms in total. The quantitative estimate of drug-likeness (QED) is 0.902. The molecule has 0 atom stereocenters. The minimum Gasteiger partial charge on any atom is -0.507 e. The molecule has 5 heteroatoms. The van der Waals surface area contributed by atoms with Crippen LogP contribution >= 0.6 is 0 Å². The fourth-order valence-electron chi connectivity index (χ4n) is 1.96. The first-order valence-corrected chi connectivity index (χ1v) is 6.02. The van der Waals surface area contributed by atoms with E-state index in [0.29, 0.717) is 12.0 Å². The Balaban J connectivity index is 2.48. The molecule has 0 saturated heterocycles. The van der Waals surface area contributed by atoms with Crippen molar-refractivity contribution in [2.75, 3.05) is 6.61 Å². The smallest absolute Gasteiger partial charge is 0.416 e. The number of benzene rings is 2. The topological polar surface area (TPSA) is 40.5 Å². The molecule has 0 aliphatic rings. The van der Waals surface area contributed by atoms with Crippen LogP contribution in [0, 0.1) is 0 Å². The van der Waals surface area contributed by atoms with E-state index in [1.54, 1.807) is 12.1 Å². The van der Waals surface area contributed by atoms with Gasteiger partial charge in [-0.3, -0.25) is 0 Å². The largest absolute Gasteiger partial charge is 0.507 e. The fraction of sp³-hybridized carbons (Fsp3) is 0.200. The number of phenolic OH excluding ortho intramolecular Hbond substituents is 1. The van der Waals surface area contributed by atoms with Crippen molar-refractivity contribution in [1.82, 2.24) is 0 Å². The van der Waals surface area contributed by atoms with Crippen LogP contribution in [0.2, 0.25) is 0 Å². The molecule has 0 unspecified atom stereocenters. The summed E-state index contributed by atoms with van der Waals surface area (Å²) in [6, 6.07) is 9.42. The number of phenols is 1. The van der Waals surface area contributed by atoms with Gasteiger partial charge in [0.15, 0.2) is 0 Å². The second-order valence-corrected chi connectivity index (χ2v) is 4.40. The first-order chi connectivity index (χ1) is 9.41. The third-order valence-electron chi connectivity index (χ3n) is 2.96. The maximum Gasteiger partial charge on any atom is 0.416 e. The summed E-state index contributed by atoms with van der Waals surface area (Å²) in [5.74, 6) is -0.0917. The number of halogens is 3. The highest BCUT2D eigenvalue weighted by molar-refractivity contribution is 5.71. The van der Waals surface area contributed by atoms with E-state index in [9.17, 15) is 18.3 Å². The van der Waals surface area contributed by atoms with Crippen LogP contribution in [0.15, 0.2) is 42.5 Å². The van der Waals surface area contributed by atoms with Crippen LogP contribution < -0.4 is 0 Å². The van der Waals surface area contributed by atoms with Crippen molar-refractivity contribution in [1.29, 1.82) is 0 Å². The minimum atomic E-state index is -4.42. The molecule has 0 amide bonds. The van der Waals surface area contributed by atoms with Gasteiger partial charge in [-0.25, -0.2) is 0 Å². The predicted octanol–water partition coefficient (Wildman–Crippen LogP) is 3.61. The zero-order valence-electron chi connectivity index (χ0n) is 10.5. The Labute approximate surface area is 114 Å². The summed E-state index contributed by atoms with van der Waals surface area (Å²) < 4.78 is 38.1. The van der Waals surface area contributed by atoms with E-state index < -0.39 is 11.7 Å². The van der Waals surface area contributed by atoms with Crippen LogP contribution in [0.4, 0.5) is 13.2 Å². The molecule has 0 saturated carbocycles. The second-order valence-electron chi connectivity index (χ2n) is 4.40. The van der Waals surface area contributed by atoms with E-state index in [1.165, 1.54) is 18.2 Å². The van der Waals surface area contributed by atoms with Gasteiger partial charge in [0, 0.05) is 12.2 Å². The Morgan fingerprint density at radius 2 is 1.75 bits per heavy atom. The molecule has 0 spiro atoms. The number of hydrogen-bond acceptors (Lipinski definition) is 2. The summed E-state index contributed by atoms with van der Waals surface area (Å²) >= 11 is 0. The van der Waals surface area contributed by atoms with Crippen LogP contribution in [-0.2, 0) is 12.6 Å². The average Bonchev–Trinajstić information content (AvgIpc) is 2.40. The lowest BCUT2D eigenvalue weighted by Crippen LogP contribution is -2.04. The van der Waals surface area contributed by atoms with Gasteiger partial charge in [0.1, 0.15) is 5.75 Å². The normalized spacial score (nSPS) is 11.6. The summed E-state index contributed by atoms with van der Waals surface area (Å²) in [6.45, 7) is -0.0627. The zero-order valence-corrected chi connectivity index (χ0v) is 10.5. The summed E-state index contributed by atoms with van der Waals surface area (Å²) in [5.41, 5.74) is 0.596. The molecule has 0 fully saturated rings. The van der Waals surface area contributed by atoms with Crippen molar-refractivity contribution in [2.45, 2.75) is 12.6 Å². The van der Waals surface area contributed by atoms with E-state index in [0.717, 1.165) is 17.7 Å². The molecule has 0 heterocycles. The Kier molecular flexibility index (Phi) is 3.99. The second kappa shape index (κ2) is 5.54. The van der Waals surface area contributed by atoms with Gasteiger partial charge < -0.3 is 10.2 Å². The van der Waals surface area contributed by atoms with E-state index in [-0.39, 0.29) is 17.9 Å². The van der Waals surface area contributed by atoms with Gasteiger partial charge in [-0.2, -0.15) is 13.2 Å². The van der Waals surface area contributed by atoms with Gasteiger partial charge in [0.25, 0.3) is 0 Å². The maximum absolute atomic E-state index is 12.7. The van der Waals surface area contributed by atoms with E-state index in [4.69, 9.17) is 5.11 Å². The number of hydrogen-bond donors (Lipinski definition) is 2. The van der Waals surface area contributed by atoms with Gasteiger partial charge in [-0.05, 0) is 41.8 Å². The Bertz CT molecular complexity index is 606. The number of alkyl halides is 3. The summed E-state index contributed by atoms with van der Waals surface area (Å²) in [7, 11) is 0. The highest BCUT2D eigenvalue weighted by Gasteiger charge is 2.30. The average molecular weight is 282 g/mol. The van der Waals surface area contributed by atoms with Crippen molar-refractivity contribution >= 4 is 0 Å². The maximum atomic E-state index is 12.7. The van der Waals surface area contributed by atoms with Crippen LogP contribution in [0.1, 0.15) is 11.1 Å². The lowest BCUT2D eigenvalue weighted by atomic mass is 9.99. The van der Waals surface area contributed by atoms with Gasteiger partial charge in [0.2, 0.25) is 0 Å². The molecule has 0 aromatic heterocycles. The zero-order chi connectivity index (χ0) is 14.8. The standard InChI is InChI=1S/C15H13F3O2/c16-15(17,18)12-3-1-2-11(9-12)13-8-10(6-7-19)4-5-14(13)20/h1-5,8-9,19-20H,6-7H2. The molecule has 2 rings (SSSR count). The highest BCUT2D eigenvalue weighted by Crippen LogP contribution is 2.35. The molecule has 0 radical (unpaired) electrons. The molecule has 0 aliphatic carbocycles. The molecule has 106 valence electrons. The number of rotatable bonds is 3. The van der Waals surface area contributed by atoms with E-state index >= 15 is 0 Å². The predicted molar refractivity (Wildman–Crippen MR) is 69.3 cm³/mol. The van der Waals surface area contributed by atoms with E-state index in [1.807, 2.05) is 0 Å². The molecule has 2 aromatic carbocycles. The summed E-state index contributed by atoms with van der Waals surface area (Å²) in [4.78, 5) is 0. The molecule has 0 bridgehead atoms. The first-order valence-electron chi connectivity index (χ1n) is 6.02. The SMILES string of the molecule is OCCc1ccc(O)c(-c2cccc(C(F)(F)F)c2)c1. The summed E-state index contributed by atoms with van der Waals surface area (Å²) in [5, 5.41) is 18.7. The van der Waals surface area contributed by atoms with Crippen molar-refractivity contribution in [3.63, 3.8) is 0 Å². The van der Waals surface area contributed by atoms with Crippen molar-refractivity contribution in [3.05, 3.63) is 53.6 Å². The fourth-order valence-corrected chi connectivity index (χ4v) is 1.96. The molecule has 20 heavy (non-hydrogen) atoms. The van der Waals surface area contributed by atoms with Gasteiger partial charge in [-0.1, -0.05) is 18.2 Å². The number of aromatic hydroxyl groups is 1. The number of aliphatic hydroxyl groups is 1. The lowest BCUT2D eigenvalue weighted by Gasteiger charge is -2.11. The van der Waals surface area contributed by atoms with Gasteiger partial charge in [-0.15, -0.1) is 0 Å². The Morgan fingerprint density at radius 1 is 1.00 bits per heavy atom. The van der Waals surface area contributed by atoms with Crippen LogP contribution in [-0.4, -0.2) is 16.8 Å². The Hall–Kier alpha value is -2.01. The number of aliphatic hydroxyl groups excluding tert-OH is 1. The van der Waals surface area contributed by atoms with E-state index in [2.05, 4.69) is 0 Å². The third-order valence-corrected chi connectivity index (χ3v) is 2.96. The van der Waals surface area contributed by atoms with Crippen LogP contribution in [0.5, 0.6) is 5.75 Å². The van der Waals surface area contributed by atoms with Gasteiger partial charge >= 0.3 is 6.18 Å². The third kappa shape index (κ3) is 3.11. The highest BCUT2D eigenvalue weighted by atomic mass is 19.4. The lowest BCUT2D eigenvalue weighted by molar-refractivity contribution is -0.137. The monoisotopic (exact) mass is 282 g/mol. The van der Waals surface area contributed by atoms with Crippen LogP contribution in [0.25, 0.3) is 11.1 Å². The molecular weight excluding hydrogens is 269 g/mol. The van der Waals surface area contributed by atoms with Gasteiger partial charge in [0.05, 0.1) is 5.56 Å². The first kappa shape index (κ1) is 14.4. The molecular formula is C15H13F3O2. The summed E-state index contributed by atoms with van der Waals surface area (Å²) in [6.07, 6.45) is -4.04. The van der Waals surface area contributed by atoms with Crippen molar-refractivity contribution in [3.8, 4) is 16.9 Å². The molecule has 2 aromatic rings. The Morgan fingerprint density at radius 3 is 2.40 bits per heavy atom.